The first-order valence-electron chi connectivity index (χ1n) is 12.0. The van der Waals surface area contributed by atoms with Crippen molar-refractivity contribution in [3.05, 3.63) is 98.8 Å². The van der Waals surface area contributed by atoms with E-state index in [0.29, 0.717) is 17.8 Å². The minimum Gasteiger partial charge on any atom is -0.362 e. The van der Waals surface area contributed by atoms with Gasteiger partial charge in [0.05, 0.1) is 4.21 Å². The lowest BCUT2D eigenvalue weighted by atomic mass is 9.72. The van der Waals surface area contributed by atoms with Crippen LogP contribution in [0.4, 0.5) is 5.82 Å². The molecule has 36 heavy (non-hydrogen) atoms. The molecule has 2 atom stereocenters. The van der Waals surface area contributed by atoms with E-state index in [2.05, 4.69) is 40.7 Å². The van der Waals surface area contributed by atoms with E-state index in [0.717, 1.165) is 38.7 Å². The summed E-state index contributed by atoms with van der Waals surface area (Å²) >= 11 is 3.38. The number of aryl methyl sites for hydroxylation is 2. The topological polar surface area (TPSA) is 71.1 Å². The van der Waals surface area contributed by atoms with Crippen LogP contribution >= 0.6 is 23.1 Å². The Kier molecular flexibility index (Phi) is 6.86. The minimum absolute atomic E-state index is 0.102. The number of carbonyl (C=O) groups excluding carboxylic acids is 2. The molecule has 0 spiro atoms. The van der Waals surface area contributed by atoms with Crippen molar-refractivity contribution in [1.82, 2.24) is 10.3 Å². The third-order valence-corrected chi connectivity index (χ3v) is 9.06. The van der Waals surface area contributed by atoms with Crippen LogP contribution in [-0.4, -0.2) is 22.9 Å². The fraction of sp³-hybridized carbons (Fsp3) is 0.276. The minimum atomic E-state index is -0.414. The molecule has 0 radical (unpaired) electrons. The SMILES string of the molecule is CSc1sc(C)cc1[C@@H]1C(C(=O)Nc2cc(C)ccn2)=C(C)NC2=C1C(=O)C[C@H](c1ccccc1)C2. The Balaban J connectivity index is 1.59. The summed E-state index contributed by atoms with van der Waals surface area (Å²) in [5.74, 6) is 0.0789. The maximum atomic E-state index is 13.8. The number of carbonyl (C=O) groups is 2. The van der Waals surface area contributed by atoms with Crippen LogP contribution in [0, 0.1) is 13.8 Å². The molecule has 1 amide bonds. The molecule has 2 N–H and O–H groups in total. The molecule has 5 nitrogen and oxygen atoms in total. The maximum absolute atomic E-state index is 13.8. The Morgan fingerprint density at radius 3 is 2.61 bits per heavy atom. The van der Waals surface area contributed by atoms with Gasteiger partial charge in [-0.15, -0.1) is 23.1 Å². The van der Waals surface area contributed by atoms with E-state index in [1.807, 2.05) is 50.4 Å². The first kappa shape index (κ1) is 24.5. The summed E-state index contributed by atoms with van der Waals surface area (Å²) in [5.41, 5.74) is 6.24. The molecular weight excluding hydrogens is 486 g/mol. The molecule has 0 saturated carbocycles. The highest BCUT2D eigenvalue weighted by Crippen LogP contribution is 2.49. The quantitative estimate of drug-likeness (QED) is 0.381. The van der Waals surface area contributed by atoms with Gasteiger partial charge in [-0.2, -0.15) is 0 Å². The number of dihydropyridines is 1. The number of aromatic nitrogens is 1. The van der Waals surface area contributed by atoms with Crippen LogP contribution in [-0.2, 0) is 9.59 Å². The van der Waals surface area contributed by atoms with E-state index >= 15 is 0 Å². The summed E-state index contributed by atoms with van der Waals surface area (Å²) in [5, 5.41) is 6.46. The number of ketones is 1. The molecule has 7 heteroatoms. The van der Waals surface area contributed by atoms with Crippen LogP contribution in [0.25, 0.3) is 0 Å². The second kappa shape index (κ2) is 10.1. The maximum Gasteiger partial charge on any atom is 0.255 e. The van der Waals surface area contributed by atoms with Crippen molar-refractivity contribution < 1.29 is 9.59 Å². The van der Waals surface area contributed by atoms with Crippen LogP contribution in [0.15, 0.2) is 81.5 Å². The Bertz CT molecular complexity index is 1400. The fourth-order valence-corrected chi connectivity index (χ4v) is 7.19. The number of nitrogens with zero attached hydrogens (tertiary/aromatic N) is 1. The highest BCUT2D eigenvalue weighted by molar-refractivity contribution is 8.00. The Hall–Kier alpha value is -3.16. The largest absolute Gasteiger partial charge is 0.362 e. The smallest absolute Gasteiger partial charge is 0.255 e. The number of amides is 1. The number of benzene rings is 1. The van der Waals surface area contributed by atoms with Crippen molar-refractivity contribution in [2.24, 2.45) is 0 Å². The van der Waals surface area contributed by atoms with Gasteiger partial charge in [0.1, 0.15) is 5.82 Å². The number of hydrogen-bond donors (Lipinski definition) is 2. The lowest BCUT2D eigenvalue weighted by Crippen LogP contribution is -2.37. The van der Waals surface area contributed by atoms with Crippen molar-refractivity contribution in [3.8, 4) is 0 Å². The van der Waals surface area contributed by atoms with Gasteiger partial charge in [0, 0.05) is 46.0 Å². The zero-order valence-corrected chi connectivity index (χ0v) is 22.5. The molecule has 5 rings (SSSR count). The molecule has 0 unspecified atom stereocenters. The van der Waals surface area contributed by atoms with Crippen molar-refractivity contribution in [2.75, 3.05) is 11.6 Å². The van der Waals surface area contributed by atoms with Gasteiger partial charge in [-0.1, -0.05) is 30.3 Å². The molecule has 0 saturated heterocycles. The van der Waals surface area contributed by atoms with E-state index in [4.69, 9.17) is 0 Å². The van der Waals surface area contributed by atoms with E-state index in [9.17, 15) is 9.59 Å². The lowest BCUT2D eigenvalue weighted by Gasteiger charge is -2.37. The number of Topliss-reactive ketones (excluding diaryl/α,β-unsaturated/α-hetero) is 1. The van der Waals surface area contributed by atoms with E-state index in [-0.39, 0.29) is 17.6 Å². The van der Waals surface area contributed by atoms with E-state index < -0.39 is 5.92 Å². The highest BCUT2D eigenvalue weighted by atomic mass is 32.2. The Labute approximate surface area is 220 Å². The number of pyridine rings is 1. The van der Waals surface area contributed by atoms with Gasteiger partial charge >= 0.3 is 0 Å². The molecular formula is C29H29N3O2S2. The number of anilines is 1. The first-order chi connectivity index (χ1) is 17.4. The van der Waals surface area contributed by atoms with Crippen LogP contribution in [0.3, 0.4) is 0 Å². The van der Waals surface area contributed by atoms with Crippen LogP contribution in [0.2, 0.25) is 0 Å². The standard InChI is InChI=1S/C29H29N3O2S2/c1-16-10-11-30-24(12-16)32-28(34)25-18(3)31-22-14-20(19-8-6-5-7-9-19)15-23(33)27(22)26(25)21-13-17(2)36-29(21)35-4/h5-13,20,26,31H,14-15H2,1-4H3,(H,30,32,34)/t20-,26-/m1/s1. The monoisotopic (exact) mass is 515 g/mol. The third kappa shape index (κ3) is 4.65. The molecule has 1 aliphatic carbocycles. The number of nitrogens with one attached hydrogen (secondary N) is 2. The summed E-state index contributed by atoms with van der Waals surface area (Å²) in [6.07, 6.45) is 4.91. The first-order valence-corrected chi connectivity index (χ1v) is 14.1. The fourth-order valence-electron chi connectivity index (χ4n) is 5.27. The van der Waals surface area contributed by atoms with E-state index in [1.54, 1.807) is 29.3 Å². The molecule has 2 aliphatic rings. The Morgan fingerprint density at radius 1 is 1.11 bits per heavy atom. The lowest BCUT2D eigenvalue weighted by molar-refractivity contribution is -0.116. The Morgan fingerprint density at radius 2 is 1.89 bits per heavy atom. The van der Waals surface area contributed by atoms with Crippen molar-refractivity contribution >= 4 is 40.6 Å². The van der Waals surface area contributed by atoms with Gasteiger partial charge in [0.2, 0.25) is 0 Å². The average molecular weight is 516 g/mol. The summed E-state index contributed by atoms with van der Waals surface area (Å²) in [7, 11) is 0. The summed E-state index contributed by atoms with van der Waals surface area (Å²) < 4.78 is 1.14. The molecule has 0 bridgehead atoms. The number of rotatable bonds is 5. The van der Waals surface area contributed by atoms with Gasteiger partial charge < -0.3 is 10.6 Å². The zero-order chi connectivity index (χ0) is 25.4. The normalized spacial score (nSPS) is 19.7. The van der Waals surface area contributed by atoms with Crippen LogP contribution in [0.1, 0.15) is 53.2 Å². The van der Waals surface area contributed by atoms with E-state index in [1.165, 1.54) is 10.4 Å². The van der Waals surface area contributed by atoms with Gasteiger partial charge in [-0.3, -0.25) is 9.59 Å². The van der Waals surface area contributed by atoms with Crippen molar-refractivity contribution in [2.45, 2.75) is 49.7 Å². The number of allylic oxidation sites excluding steroid dienone is 3. The number of hydrogen-bond acceptors (Lipinski definition) is 6. The third-order valence-electron chi connectivity index (χ3n) is 6.84. The van der Waals surface area contributed by atoms with Crippen molar-refractivity contribution in [1.29, 1.82) is 0 Å². The zero-order valence-electron chi connectivity index (χ0n) is 20.8. The molecule has 184 valence electrons. The predicted octanol–water partition coefficient (Wildman–Crippen LogP) is 6.48. The summed E-state index contributed by atoms with van der Waals surface area (Å²) in [4.78, 5) is 33.1. The summed E-state index contributed by atoms with van der Waals surface area (Å²) in [6.45, 7) is 5.97. The number of thioether (sulfide) groups is 1. The second-order valence-electron chi connectivity index (χ2n) is 9.40. The molecule has 2 aromatic heterocycles. The van der Waals surface area contributed by atoms with Crippen LogP contribution < -0.4 is 10.6 Å². The second-order valence-corrected chi connectivity index (χ2v) is 11.7. The van der Waals surface area contributed by atoms with Gasteiger partial charge in [0.25, 0.3) is 5.91 Å². The molecule has 1 aromatic carbocycles. The molecule has 0 fully saturated rings. The highest BCUT2D eigenvalue weighted by Gasteiger charge is 2.42. The van der Waals surface area contributed by atoms with Gasteiger partial charge in [-0.25, -0.2) is 4.98 Å². The van der Waals surface area contributed by atoms with Crippen molar-refractivity contribution in [3.63, 3.8) is 0 Å². The molecule has 1 aliphatic heterocycles. The van der Waals surface area contributed by atoms with Gasteiger partial charge in [-0.05, 0) is 74.3 Å². The molecule has 3 aromatic rings. The van der Waals surface area contributed by atoms with Gasteiger partial charge in [0.15, 0.2) is 5.78 Å². The van der Waals surface area contributed by atoms with Crippen LogP contribution in [0.5, 0.6) is 0 Å². The summed E-state index contributed by atoms with van der Waals surface area (Å²) in [6, 6.07) is 16.1. The predicted molar refractivity (Wildman–Crippen MR) is 147 cm³/mol. The average Bonchev–Trinajstić information content (AvgIpc) is 3.23. The number of thiophene rings is 1. The molecule has 3 heterocycles.